The Labute approximate surface area is 245 Å². The highest BCUT2D eigenvalue weighted by atomic mass is 28.4. The lowest BCUT2D eigenvalue weighted by molar-refractivity contribution is -0.135. The number of aliphatic hydroxyl groups is 1. The second-order valence-electron chi connectivity index (χ2n) is 12.2. The van der Waals surface area contributed by atoms with Crippen LogP contribution in [-0.4, -0.2) is 68.7 Å². The van der Waals surface area contributed by atoms with E-state index in [2.05, 4.69) is 17.6 Å². The second kappa shape index (κ2) is 14.5. The van der Waals surface area contributed by atoms with Crippen molar-refractivity contribution in [2.24, 2.45) is 11.8 Å². The number of hydrogen-bond acceptors (Lipinski definition) is 5. The molecular weight excluding hydrogens is 537 g/mol. The Morgan fingerprint density at radius 1 is 1.12 bits per heavy atom. The van der Waals surface area contributed by atoms with Crippen molar-refractivity contribution >= 4 is 25.9 Å². The molecule has 4 rings (SSSR count). The van der Waals surface area contributed by atoms with Gasteiger partial charge in [-0.25, -0.2) is 0 Å². The topological polar surface area (TPSA) is 90.9 Å². The van der Waals surface area contributed by atoms with Crippen molar-refractivity contribution in [2.75, 3.05) is 31.6 Å². The number of carbonyl (C=O) groups excluding carboxylic acids is 2. The van der Waals surface area contributed by atoms with E-state index in [1.165, 1.54) is 0 Å². The van der Waals surface area contributed by atoms with E-state index in [4.69, 9.17) is 4.74 Å². The van der Waals surface area contributed by atoms with Crippen LogP contribution in [0.15, 0.2) is 54.6 Å². The van der Waals surface area contributed by atoms with Gasteiger partial charge in [-0.3, -0.25) is 9.59 Å². The SMILES string of the molecule is C[C@@H]1[C@@H]([Si](C)(C)F)[C@H](CC(=O)N(CCO)Cc2ccccc2)O[C@@H]1CCc1cccc(NC(=O)C2CCCNC2)c1. The number of anilines is 1. The summed E-state index contributed by atoms with van der Waals surface area (Å²) in [5.41, 5.74) is 2.57. The van der Waals surface area contributed by atoms with E-state index in [9.17, 15) is 14.7 Å². The number of halogens is 1. The third-order valence-corrected chi connectivity index (χ3v) is 11.1. The first-order chi connectivity index (χ1) is 19.7. The summed E-state index contributed by atoms with van der Waals surface area (Å²) in [6.45, 7) is 7.65. The molecule has 0 aliphatic carbocycles. The molecule has 2 saturated heterocycles. The Hall–Kier alpha value is -2.59. The van der Waals surface area contributed by atoms with E-state index in [1.807, 2.05) is 54.6 Å². The minimum atomic E-state index is -3.14. The molecule has 2 aromatic rings. The Morgan fingerprint density at radius 2 is 1.88 bits per heavy atom. The van der Waals surface area contributed by atoms with Crippen LogP contribution in [0.4, 0.5) is 9.80 Å². The number of aliphatic hydroxyl groups excluding tert-OH is 1. The van der Waals surface area contributed by atoms with Crippen LogP contribution in [0, 0.1) is 11.8 Å². The number of hydrogen-bond donors (Lipinski definition) is 3. The van der Waals surface area contributed by atoms with Crippen LogP contribution in [0.3, 0.4) is 0 Å². The summed E-state index contributed by atoms with van der Waals surface area (Å²) in [7, 11) is -3.14. The molecule has 2 amide bonds. The highest BCUT2D eigenvalue weighted by Gasteiger charge is 2.51. The number of carbonyl (C=O) groups is 2. The molecule has 0 aromatic heterocycles. The minimum absolute atomic E-state index is 0.00839. The lowest BCUT2D eigenvalue weighted by Gasteiger charge is -2.30. The van der Waals surface area contributed by atoms with Gasteiger partial charge in [0.15, 0.2) is 0 Å². The number of aryl methyl sites for hydroxylation is 1. The van der Waals surface area contributed by atoms with Gasteiger partial charge in [0.05, 0.1) is 31.2 Å². The zero-order valence-electron chi connectivity index (χ0n) is 24.7. The summed E-state index contributed by atoms with van der Waals surface area (Å²) in [6.07, 6.45) is 2.82. The molecule has 2 fully saturated rings. The van der Waals surface area contributed by atoms with Crippen molar-refractivity contribution in [1.29, 1.82) is 0 Å². The van der Waals surface area contributed by atoms with Gasteiger partial charge in [-0.1, -0.05) is 49.4 Å². The van der Waals surface area contributed by atoms with E-state index in [1.54, 1.807) is 18.0 Å². The minimum Gasteiger partial charge on any atom is -0.395 e. The normalized spacial score (nSPS) is 24.7. The van der Waals surface area contributed by atoms with Crippen LogP contribution in [-0.2, 0) is 27.3 Å². The highest BCUT2D eigenvalue weighted by Crippen LogP contribution is 2.47. The number of piperidine rings is 1. The summed E-state index contributed by atoms with van der Waals surface area (Å²) in [4.78, 5) is 27.7. The van der Waals surface area contributed by atoms with Gasteiger partial charge < -0.3 is 29.5 Å². The van der Waals surface area contributed by atoms with Crippen molar-refractivity contribution < 1.29 is 23.5 Å². The van der Waals surface area contributed by atoms with E-state index in [0.29, 0.717) is 19.5 Å². The molecule has 0 bridgehead atoms. The maximum atomic E-state index is 15.7. The molecular formula is C32H46FN3O4Si. The summed E-state index contributed by atoms with van der Waals surface area (Å²) in [6, 6.07) is 17.6. The molecule has 0 radical (unpaired) electrons. The first kappa shape index (κ1) is 31.3. The maximum Gasteiger partial charge on any atom is 0.246 e. The summed E-state index contributed by atoms with van der Waals surface area (Å²) in [5.74, 6) is -0.0942. The number of nitrogens with one attached hydrogen (secondary N) is 2. The number of amides is 2. The molecule has 2 heterocycles. The quantitative estimate of drug-likeness (QED) is 0.244. The van der Waals surface area contributed by atoms with Gasteiger partial charge in [0.1, 0.15) is 0 Å². The number of ether oxygens (including phenoxy) is 1. The van der Waals surface area contributed by atoms with Crippen molar-refractivity contribution in [3.8, 4) is 0 Å². The van der Waals surface area contributed by atoms with Crippen LogP contribution in [0.5, 0.6) is 0 Å². The smallest absolute Gasteiger partial charge is 0.246 e. The molecule has 3 N–H and O–H groups in total. The van der Waals surface area contributed by atoms with Gasteiger partial charge in [0.2, 0.25) is 20.2 Å². The van der Waals surface area contributed by atoms with Crippen molar-refractivity contribution in [1.82, 2.24) is 10.2 Å². The summed E-state index contributed by atoms with van der Waals surface area (Å²) >= 11 is 0. The highest BCUT2D eigenvalue weighted by molar-refractivity contribution is 6.72. The summed E-state index contributed by atoms with van der Waals surface area (Å²) < 4.78 is 22.1. The molecule has 41 heavy (non-hydrogen) atoms. The first-order valence-corrected chi connectivity index (χ1v) is 18.0. The Bertz CT molecular complexity index is 1140. The fourth-order valence-corrected chi connectivity index (χ4v) is 9.07. The summed E-state index contributed by atoms with van der Waals surface area (Å²) in [5, 5.41) is 16.0. The maximum absolute atomic E-state index is 15.7. The monoisotopic (exact) mass is 583 g/mol. The zero-order valence-corrected chi connectivity index (χ0v) is 25.7. The molecule has 0 spiro atoms. The lowest BCUT2D eigenvalue weighted by atomic mass is 9.95. The van der Waals surface area contributed by atoms with Gasteiger partial charge >= 0.3 is 0 Å². The average molecular weight is 584 g/mol. The van der Waals surface area contributed by atoms with E-state index in [0.717, 1.165) is 42.6 Å². The zero-order chi connectivity index (χ0) is 29.4. The van der Waals surface area contributed by atoms with Gasteiger partial charge in [-0.05, 0) is 74.5 Å². The van der Waals surface area contributed by atoms with Gasteiger partial charge in [0, 0.05) is 30.9 Å². The third-order valence-electron chi connectivity index (χ3n) is 8.59. The fourth-order valence-electron chi connectivity index (χ4n) is 6.53. The molecule has 7 nitrogen and oxygen atoms in total. The fraction of sp³-hybridized carbons (Fsp3) is 0.562. The molecule has 0 saturated carbocycles. The molecule has 5 atom stereocenters. The standard InChI is InChI=1S/C32H46FN3O4Si/c1-23-28(15-14-24-11-7-13-27(19-24)35-32(39)26-12-8-16-34-21-26)40-29(31(23)41(2,3)33)20-30(38)36(17-18-37)22-25-9-5-4-6-10-25/h4-7,9-11,13,19,23,26,28-29,31,34,37H,8,12,14-18,20-22H2,1-3H3,(H,35,39)/t23-,26?,28+,29-,31+/m0/s1. The lowest BCUT2D eigenvalue weighted by Crippen LogP contribution is -2.40. The van der Waals surface area contributed by atoms with Crippen LogP contribution >= 0.6 is 0 Å². The van der Waals surface area contributed by atoms with Gasteiger partial charge in [0.25, 0.3) is 0 Å². The van der Waals surface area contributed by atoms with Crippen LogP contribution in [0.25, 0.3) is 0 Å². The number of rotatable bonds is 12. The largest absolute Gasteiger partial charge is 0.395 e. The van der Waals surface area contributed by atoms with E-state index >= 15 is 4.11 Å². The average Bonchev–Trinajstić information content (AvgIpc) is 3.27. The molecule has 224 valence electrons. The molecule has 2 aliphatic heterocycles. The van der Waals surface area contributed by atoms with Gasteiger partial charge in [-0.15, -0.1) is 0 Å². The Morgan fingerprint density at radius 3 is 2.56 bits per heavy atom. The molecule has 2 aromatic carbocycles. The van der Waals surface area contributed by atoms with Crippen molar-refractivity contribution in [2.45, 2.75) is 76.4 Å². The predicted octanol–water partition coefficient (Wildman–Crippen LogP) is 4.92. The number of nitrogens with zero attached hydrogens (tertiary/aromatic N) is 1. The molecule has 2 aliphatic rings. The van der Waals surface area contributed by atoms with Crippen molar-refractivity contribution in [3.63, 3.8) is 0 Å². The van der Waals surface area contributed by atoms with Crippen LogP contribution in [0.1, 0.15) is 43.7 Å². The predicted molar refractivity (Wildman–Crippen MR) is 163 cm³/mol. The van der Waals surface area contributed by atoms with Crippen LogP contribution in [0.2, 0.25) is 18.6 Å². The second-order valence-corrected chi connectivity index (χ2v) is 16.0. The van der Waals surface area contributed by atoms with Gasteiger partial charge in [-0.2, -0.15) is 0 Å². The van der Waals surface area contributed by atoms with Crippen LogP contribution < -0.4 is 10.6 Å². The first-order valence-electron chi connectivity index (χ1n) is 15.0. The van der Waals surface area contributed by atoms with E-state index < -0.39 is 14.5 Å². The molecule has 1 unspecified atom stereocenters. The van der Waals surface area contributed by atoms with Crippen molar-refractivity contribution in [3.05, 3.63) is 65.7 Å². The number of benzene rings is 2. The van der Waals surface area contributed by atoms with E-state index in [-0.39, 0.29) is 54.9 Å². The Balaban J connectivity index is 1.38. The Kier molecular flexibility index (Phi) is 11.1. The third kappa shape index (κ3) is 8.70. The molecule has 9 heteroatoms.